The third-order valence-electron chi connectivity index (χ3n) is 4.18. The zero-order valence-corrected chi connectivity index (χ0v) is 18.2. The summed E-state index contributed by atoms with van der Waals surface area (Å²) in [5, 5.41) is 4.32. The molecule has 1 N–H and O–H groups in total. The largest absolute Gasteiger partial charge is 0.490 e. The van der Waals surface area contributed by atoms with Crippen LogP contribution in [0.4, 0.5) is 0 Å². The molecule has 3 aromatic rings. The van der Waals surface area contributed by atoms with Crippen molar-refractivity contribution in [2.24, 2.45) is 5.10 Å². The lowest BCUT2D eigenvalue weighted by Crippen LogP contribution is -2.17. The highest BCUT2D eigenvalue weighted by Crippen LogP contribution is 2.29. The predicted octanol–water partition coefficient (Wildman–Crippen LogP) is 4.46. The van der Waals surface area contributed by atoms with Crippen molar-refractivity contribution >= 4 is 29.7 Å². The molecule has 0 unspecified atom stereocenters. The Kier molecular flexibility index (Phi) is 7.88. The molecule has 0 spiro atoms. The van der Waals surface area contributed by atoms with Crippen molar-refractivity contribution in [3.8, 4) is 11.5 Å². The van der Waals surface area contributed by atoms with Gasteiger partial charge in [0, 0.05) is 0 Å². The van der Waals surface area contributed by atoms with E-state index in [-0.39, 0.29) is 12.4 Å². The van der Waals surface area contributed by atoms with Crippen LogP contribution in [-0.4, -0.2) is 31.8 Å². The van der Waals surface area contributed by atoms with Gasteiger partial charge < -0.3 is 18.6 Å². The second-order valence-electron chi connectivity index (χ2n) is 6.36. The number of amides is 1. The van der Waals surface area contributed by atoms with Gasteiger partial charge in [-0.05, 0) is 55.0 Å². The summed E-state index contributed by atoms with van der Waals surface area (Å²) in [6.45, 7) is 2.37. The molecular weight excluding hydrogens is 436 g/mol. The number of halogens is 1. The number of hydrogen-bond donors (Lipinski definition) is 1. The van der Waals surface area contributed by atoms with Gasteiger partial charge in [-0.2, -0.15) is 5.10 Å². The summed E-state index contributed by atoms with van der Waals surface area (Å²) in [6.07, 6.45) is 1.48. The van der Waals surface area contributed by atoms with Crippen molar-refractivity contribution in [3.63, 3.8) is 0 Å². The van der Waals surface area contributed by atoms with Gasteiger partial charge in [0.25, 0.3) is 5.91 Å². The minimum atomic E-state index is -0.559. The minimum absolute atomic E-state index is 0.0956. The van der Waals surface area contributed by atoms with E-state index >= 15 is 0 Å². The maximum absolute atomic E-state index is 12.2. The second kappa shape index (κ2) is 11.0. The zero-order chi connectivity index (χ0) is 22.9. The Morgan fingerprint density at radius 1 is 1.09 bits per heavy atom. The van der Waals surface area contributed by atoms with Crippen LogP contribution in [0.2, 0.25) is 5.02 Å². The first-order chi connectivity index (χ1) is 15.5. The van der Waals surface area contributed by atoms with E-state index in [2.05, 4.69) is 15.3 Å². The average molecular weight is 457 g/mol. The molecule has 8 nitrogen and oxygen atoms in total. The van der Waals surface area contributed by atoms with Crippen LogP contribution in [0.1, 0.15) is 39.2 Å². The Bertz CT molecular complexity index is 1130. The number of hydrazone groups is 1. The van der Waals surface area contributed by atoms with E-state index in [0.717, 1.165) is 0 Å². The Balaban J connectivity index is 1.65. The third kappa shape index (κ3) is 5.89. The number of nitrogens with one attached hydrogen (secondary N) is 1. The normalized spacial score (nSPS) is 10.7. The Labute approximate surface area is 189 Å². The standard InChI is InChI=1S/C23H21ClN2O6/c1-3-30-21-12-15(13-25-26-22(27)17-6-4-5-7-18(17)24)8-10-19(21)31-14-16-9-11-20(32-16)23(28)29-2/h4-13H,3,14H2,1-2H3,(H,26,27)/b25-13+. The van der Waals surface area contributed by atoms with Gasteiger partial charge in [-0.25, -0.2) is 10.2 Å². The molecule has 1 amide bonds. The highest BCUT2D eigenvalue weighted by atomic mass is 35.5. The summed E-state index contributed by atoms with van der Waals surface area (Å²) in [5.74, 6) is 0.564. The molecular formula is C23H21ClN2O6. The lowest BCUT2D eigenvalue weighted by molar-refractivity contribution is 0.0560. The van der Waals surface area contributed by atoms with Gasteiger partial charge >= 0.3 is 5.97 Å². The molecule has 3 rings (SSSR count). The maximum atomic E-state index is 12.2. The van der Waals surface area contributed by atoms with Gasteiger partial charge in [-0.1, -0.05) is 23.7 Å². The molecule has 0 bridgehead atoms. The highest BCUT2D eigenvalue weighted by molar-refractivity contribution is 6.33. The van der Waals surface area contributed by atoms with Crippen LogP contribution < -0.4 is 14.9 Å². The van der Waals surface area contributed by atoms with Crippen LogP contribution in [0.3, 0.4) is 0 Å². The van der Waals surface area contributed by atoms with Crippen LogP contribution in [0, 0.1) is 0 Å². The minimum Gasteiger partial charge on any atom is -0.490 e. The molecule has 166 valence electrons. The van der Waals surface area contributed by atoms with Gasteiger partial charge in [-0.15, -0.1) is 0 Å². The summed E-state index contributed by atoms with van der Waals surface area (Å²) in [5.41, 5.74) is 3.46. The molecule has 0 atom stereocenters. The van der Waals surface area contributed by atoms with Gasteiger partial charge in [-0.3, -0.25) is 4.79 Å². The molecule has 0 saturated heterocycles. The molecule has 1 aromatic heterocycles. The Morgan fingerprint density at radius 3 is 2.66 bits per heavy atom. The number of benzene rings is 2. The monoisotopic (exact) mass is 456 g/mol. The van der Waals surface area contributed by atoms with E-state index in [9.17, 15) is 9.59 Å². The van der Waals surface area contributed by atoms with Crippen LogP contribution in [0.25, 0.3) is 0 Å². The molecule has 0 aliphatic heterocycles. The molecule has 0 radical (unpaired) electrons. The van der Waals surface area contributed by atoms with Crippen LogP contribution >= 0.6 is 11.6 Å². The van der Waals surface area contributed by atoms with Gasteiger partial charge in [0.15, 0.2) is 11.5 Å². The molecule has 0 saturated carbocycles. The number of furan rings is 1. The number of rotatable bonds is 9. The number of carbonyl (C=O) groups excluding carboxylic acids is 2. The summed E-state index contributed by atoms with van der Waals surface area (Å²) < 4.78 is 21.4. The van der Waals surface area contributed by atoms with Crippen molar-refractivity contribution in [1.29, 1.82) is 0 Å². The molecule has 32 heavy (non-hydrogen) atoms. The Morgan fingerprint density at radius 2 is 1.91 bits per heavy atom. The molecule has 0 fully saturated rings. The molecule has 2 aromatic carbocycles. The SMILES string of the molecule is CCOc1cc(/C=N/NC(=O)c2ccccc2Cl)ccc1OCc1ccc(C(=O)OC)o1. The van der Waals surface area contributed by atoms with Crippen molar-refractivity contribution in [3.05, 3.63) is 82.3 Å². The van der Waals surface area contributed by atoms with E-state index < -0.39 is 11.9 Å². The lowest BCUT2D eigenvalue weighted by Gasteiger charge is -2.11. The van der Waals surface area contributed by atoms with E-state index in [1.165, 1.54) is 19.4 Å². The molecule has 9 heteroatoms. The number of nitrogens with zero attached hydrogens (tertiary/aromatic N) is 1. The van der Waals surface area contributed by atoms with Crippen molar-refractivity contribution in [1.82, 2.24) is 5.43 Å². The average Bonchev–Trinajstić information content (AvgIpc) is 3.27. The molecule has 0 aliphatic rings. The lowest BCUT2D eigenvalue weighted by atomic mass is 10.2. The number of ether oxygens (including phenoxy) is 3. The first kappa shape index (κ1) is 22.9. The number of methoxy groups -OCH3 is 1. The van der Waals surface area contributed by atoms with E-state index in [4.69, 9.17) is 25.5 Å². The molecule has 1 heterocycles. The quantitative estimate of drug-likeness (QED) is 0.290. The fourth-order valence-electron chi connectivity index (χ4n) is 2.68. The van der Waals surface area contributed by atoms with E-state index in [0.29, 0.717) is 40.0 Å². The number of esters is 1. The number of hydrogen-bond acceptors (Lipinski definition) is 7. The zero-order valence-electron chi connectivity index (χ0n) is 17.5. The summed E-state index contributed by atoms with van der Waals surface area (Å²) in [6, 6.07) is 15.1. The first-order valence-corrected chi connectivity index (χ1v) is 10.0. The fraction of sp³-hybridized carbons (Fsp3) is 0.174. The van der Waals surface area contributed by atoms with Crippen LogP contribution in [0.15, 0.2) is 64.1 Å². The van der Waals surface area contributed by atoms with Crippen LogP contribution in [-0.2, 0) is 11.3 Å². The predicted molar refractivity (Wildman–Crippen MR) is 119 cm³/mol. The van der Waals surface area contributed by atoms with E-state index in [1.54, 1.807) is 48.5 Å². The van der Waals surface area contributed by atoms with Gasteiger partial charge in [0.05, 0.1) is 30.5 Å². The van der Waals surface area contributed by atoms with Crippen molar-refractivity contribution < 1.29 is 28.2 Å². The second-order valence-corrected chi connectivity index (χ2v) is 6.77. The summed E-state index contributed by atoms with van der Waals surface area (Å²) >= 11 is 6.01. The maximum Gasteiger partial charge on any atom is 0.373 e. The van der Waals surface area contributed by atoms with Crippen molar-refractivity contribution in [2.75, 3.05) is 13.7 Å². The van der Waals surface area contributed by atoms with Gasteiger partial charge in [0.1, 0.15) is 12.4 Å². The summed E-state index contributed by atoms with van der Waals surface area (Å²) in [7, 11) is 1.28. The number of carbonyl (C=O) groups is 2. The topological polar surface area (TPSA) is 99.4 Å². The van der Waals surface area contributed by atoms with E-state index in [1.807, 2.05) is 6.92 Å². The smallest absolute Gasteiger partial charge is 0.373 e. The van der Waals surface area contributed by atoms with Crippen LogP contribution in [0.5, 0.6) is 11.5 Å². The highest BCUT2D eigenvalue weighted by Gasteiger charge is 2.13. The van der Waals surface area contributed by atoms with Gasteiger partial charge in [0.2, 0.25) is 5.76 Å². The van der Waals surface area contributed by atoms with Crippen molar-refractivity contribution in [2.45, 2.75) is 13.5 Å². The first-order valence-electron chi connectivity index (χ1n) is 9.66. The Hall–Kier alpha value is -3.78. The third-order valence-corrected chi connectivity index (χ3v) is 4.51. The molecule has 0 aliphatic carbocycles. The fourth-order valence-corrected chi connectivity index (χ4v) is 2.90. The summed E-state index contributed by atoms with van der Waals surface area (Å²) in [4.78, 5) is 23.7.